The lowest BCUT2D eigenvalue weighted by Crippen LogP contribution is -2.40. The maximum atomic E-state index is 13.6. The maximum absolute atomic E-state index is 13.6. The first-order valence-electron chi connectivity index (χ1n) is 10.4. The number of alkyl halides is 4. The molecule has 0 saturated heterocycles. The Bertz CT molecular complexity index is 752. The van der Waals surface area contributed by atoms with Crippen molar-refractivity contribution in [3.63, 3.8) is 0 Å². The quantitative estimate of drug-likeness (QED) is 0.135. The van der Waals surface area contributed by atoms with Gasteiger partial charge < -0.3 is 39.0 Å². The molecular weight excluding hydrogens is 486 g/mol. The van der Waals surface area contributed by atoms with E-state index in [0.29, 0.717) is 11.4 Å². The van der Waals surface area contributed by atoms with Gasteiger partial charge in [0.15, 0.2) is 5.69 Å². The van der Waals surface area contributed by atoms with Gasteiger partial charge in [0.1, 0.15) is 37.8 Å². The van der Waals surface area contributed by atoms with Crippen LogP contribution in [-0.2, 0) is 23.7 Å². The molecule has 14 heteroatoms. The van der Waals surface area contributed by atoms with Crippen molar-refractivity contribution in [2.24, 2.45) is 0 Å². The third-order valence-electron chi connectivity index (χ3n) is 3.77. The van der Waals surface area contributed by atoms with E-state index in [1.807, 2.05) is 0 Å². The summed E-state index contributed by atoms with van der Waals surface area (Å²) in [5.74, 6) is 0.383. The Balaban J connectivity index is 2.15. The van der Waals surface area contributed by atoms with Crippen LogP contribution in [0, 0.1) is 6.57 Å². The summed E-state index contributed by atoms with van der Waals surface area (Å²) in [5, 5.41) is 27.7. The van der Waals surface area contributed by atoms with E-state index in [-0.39, 0.29) is 46.2 Å². The Morgan fingerprint density at radius 3 is 2.06 bits per heavy atom. The van der Waals surface area contributed by atoms with Gasteiger partial charge in [0.25, 0.3) is 0 Å². The molecule has 35 heavy (non-hydrogen) atoms. The largest absolute Gasteiger partial charge is 0.492 e. The fraction of sp³-hybridized carbons (Fsp3) is 0.667. The Morgan fingerprint density at radius 2 is 1.40 bits per heavy atom. The molecule has 0 aliphatic heterocycles. The third-order valence-corrected chi connectivity index (χ3v) is 3.77. The molecule has 1 aromatic carbocycles. The van der Waals surface area contributed by atoms with Crippen LogP contribution in [0.1, 0.15) is 0 Å². The minimum atomic E-state index is -4.35. The van der Waals surface area contributed by atoms with Crippen molar-refractivity contribution >= 4 is 5.69 Å². The molecule has 10 nitrogen and oxygen atoms in total. The van der Waals surface area contributed by atoms with E-state index in [0.717, 1.165) is 0 Å². The summed E-state index contributed by atoms with van der Waals surface area (Å²) in [6.45, 7) is 1.70. The lowest BCUT2D eigenvalue weighted by molar-refractivity contribution is -0.394. The number of ether oxygens (including phenoxy) is 6. The van der Waals surface area contributed by atoms with E-state index in [1.165, 1.54) is 6.07 Å². The SMILES string of the molecule is [C-]#[N+]c1cccc(OCC(O)COCCOCC(F)(F)OC(F)(F)COCC(O)COCCO)c1. The molecule has 2 unspecified atom stereocenters. The van der Waals surface area contributed by atoms with E-state index in [2.05, 4.69) is 19.1 Å². The van der Waals surface area contributed by atoms with Crippen LogP contribution >= 0.6 is 0 Å². The van der Waals surface area contributed by atoms with Crippen LogP contribution in [0.3, 0.4) is 0 Å². The third kappa shape index (κ3) is 15.5. The van der Waals surface area contributed by atoms with Gasteiger partial charge >= 0.3 is 12.2 Å². The van der Waals surface area contributed by atoms with Crippen molar-refractivity contribution in [3.8, 4) is 5.75 Å². The topological polar surface area (TPSA) is 120 Å². The Morgan fingerprint density at radius 1 is 0.829 bits per heavy atom. The molecule has 0 bridgehead atoms. The number of hydrogen-bond acceptors (Lipinski definition) is 9. The lowest BCUT2D eigenvalue weighted by Gasteiger charge is -2.24. The molecule has 0 heterocycles. The molecule has 0 aliphatic carbocycles. The van der Waals surface area contributed by atoms with Crippen LogP contribution in [0.4, 0.5) is 23.2 Å². The van der Waals surface area contributed by atoms with Gasteiger partial charge in [-0.05, 0) is 12.1 Å². The molecular formula is C21H29F4NO9. The van der Waals surface area contributed by atoms with Crippen LogP contribution in [0.15, 0.2) is 24.3 Å². The summed E-state index contributed by atoms with van der Waals surface area (Å²) in [4.78, 5) is 3.24. The number of halogens is 4. The molecule has 0 amide bonds. The van der Waals surface area contributed by atoms with Crippen molar-refractivity contribution in [3.05, 3.63) is 35.7 Å². The summed E-state index contributed by atoms with van der Waals surface area (Å²) in [5.41, 5.74) is 0.371. The number of nitrogens with zero attached hydrogens (tertiary/aromatic N) is 1. The van der Waals surface area contributed by atoms with Gasteiger partial charge in [0.05, 0.1) is 52.8 Å². The van der Waals surface area contributed by atoms with Gasteiger partial charge in [-0.25, -0.2) is 4.85 Å². The molecule has 3 N–H and O–H groups in total. The predicted molar refractivity (Wildman–Crippen MR) is 112 cm³/mol. The van der Waals surface area contributed by atoms with Crippen molar-refractivity contribution in [2.75, 3.05) is 66.1 Å². The fourth-order valence-electron chi connectivity index (χ4n) is 2.33. The molecule has 0 aromatic heterocycles. The van der Waals surface area contributed by atoms with Crippen LogP contribution < -0.4 is 4.74 Å². The zero-order chi connectivity index (χ0) is 26.2. The van der Waals surface area contributed by atoms with Crippen LogP contribution in [0.5, 0.6) is 5.75 Å². The highest BCUT2D eigenvalue weighted by atomic mass is 19.3. The average Bonchev–Trinajstić information content (AvgIpc) is 2.79. The van der Waals surface area contributed by atoms with Crippen molar-refractivity contribution in [1.82, 2.24) is 0 Å². The van der Waals surface area contributed by atoms with Gasteiger partial charge in [-0.15, -0.1) is 0 Å². The van der Waals surface area contributed by atoms with Crippen molar-refractivity contribution in [2.45, 2.75) is 24.4 Å². The zero-order valence-electron chi connectivity index (χ0n) is 18.8. The van der Waals surface area contributed by atoms with Gasteiger partial charge in [-0.2, -0.15) is 17.6 Å². The summed E-state index contributed by atoms with van der Waals surface area (Å²) < 4.78 is 81.8. The molecule has 0 aliphatic rings. The highest BCUT2D eigenvalue weighted by Crippen LogP contribution is 2.27. The van der Waals surface area contributed by atoms with Crippen molar-refractivity contribution in [1.29, 1.82) is 0 Å². The molecule has 1 aromatic rings. The van der Waals surface area contributed by atoms with Gasteiger partial charge in [0.2, 0.25) is 0 Å². The van der Waals surface area contributed by atoms with Gasteiger partial charge in [0, 0.05) is 0 Å². The molecule has 1 rings (SSSR count). The minimum Gasteiger partial charge on any atom is -0.492 e. The second-order valence-corrected chi connectivity index (χ2v) is 7.05. The molecule has 2 atom stereocenters. The summed E-state index contributed by atoms with van der Waals surface area (Å²) in [6.07, 6.45) is -11.0. The zero-order valence-corrected chi connectivity index (χ0v) is 18.8. The Hall–Kier alpha value is -2.09. The smallest absolute Gasteiger partial charge is 0.383 e. The number of aliphatic hydroxyl groups excluding tert-OH is 3. The highest BCUT2D eigenvalue weighted by Gasteiger charge is 2.44. The first-order chi connectivity index (χ1) is 16.6. The monoisotopic (exact) mass is 515 g/mol. The van der Waals surface area contributed by atoms with Gasteiger partial charge in [-0.1, -0.05) is 12.1 Å². The first-order valence-corrected chi connectivity index (χ1v) is 10.4. The lowest BCUT2D eigenvalue weighted by atomic mass is 10.3. The minimum absolute atomic E-state index is 0.0669. The molecule has 0 spiro atoms. The normalized spacial score (nSPS) is 13.9. The van der Waals surface area contributed by atoms with E-state index < -0.39 is 44.2 Å². The summed E-state index contributed by atoms with van der Waals surface area (Å²) in [7, 11) is 0. The standard InChI is InChI=1S/C21H29F4NO9/c1-26-16-3-2-4-19(9-16)34-13-18(29)11-31-7-8-32-14-20(22,23)35-21(24,25)15-33-12-17(28)10-30-6-5-27/h2-4,9,17-18,27-29H,5-8,10-15H2. The van der Waals surface area contributed by atoms with Crippen LogP contribution in [0.2, 0.25) is 0 Å². The van der Waals surface area contributed by atoms with Gasteiger partial charge in [-0.3, -0.25) is 4.74 Å². The Labute approximate surface area is 199 Å². The number of rotatable bonds is 20. The van der Waals surface area contributed by atoms with Crippen LogP contribution in [-0.4, -0.2) is 106 Å². The van der Waals surface area contributed by atoms with Crippen LogP contribution in [0.25, 0.3) is 4.85 Å². The van der Waals surface area contributed by atoms with E-state index in [9.17, 15) is 27.8 Å². The number of aliphatic hydroxyl groups is 3. The van der Waals surface area contributed by atoms with E-state index in [1.54, 1.807) is 18.2 Å². The summed E-state index contributed by atoms with van der Waals surface area (Å²) >= 11 is 0. The summed E-state index contributed by atoms with van der Waals surface area (Å²) in [6, 6.07) is 6.31. The van der Waals surface area contributed by atoms with Crippen molar-refractivity contribution < 1.29 is 61.3 Å². The highest BCUT2D eigenvalue weighted by molar-refractivity contribution is 5.48. The molecule has 0 radical (unpaired) electrons. The molecule has 0 fully saturated rings. The number of hydrogen-bond donors (Lipinski definition) is 3. The second kappa shape index (κ2) is 16.6. The molecule has 0 saturated carbocycles. The maximum Gasteiger partial charge on any atom is 0.383 e. The second-order valence-electron chi connectivity index (χ2n) is 7.05. The van der Waals surface area contributed by atoms with E-state index in [4.69, 9.17) is 25.9 Å². The average molecular weight is 515 g/mol. The predicted octanol–water partition coefficient (Wildman–Crippen LogP) is 1.60. The molecule has 200 valence electrons. The number of benzene rings is 1. The fourth-order valence-corrected chi connectivity index (χ4v) is 2.33. The first kappa shape index (κ1) is 30.9. The Kier molecular flexibility index (Phi) is 14.6. The van der Waals surface area contributed by atoms with E-state index >= 15 is 0 Å².